The first kappa shape index (κ1) is 20.1. The number of halogens is 2. The maximum atomic E-state index is 12.9. The Morgan fingerprint density at radius 2 is 1.61 bits per heavy atom. The maximum absolute atomic E-state index is 12.9. The van der Waals surface area contributed by atoms with E-state index < -0.39 is 10.0 Å². The standard InChI is InChI=1S/C18H23Cl2N5O2S/c19-14-10-15(20)12-16(11-14)28(26,27)24-8-6-23(7-9-24)13-18-22-21-17-4-2-1-3-5-25(17)18/h10-12H,1-9,13H2. The number of nitrogens with zero attached hydrogens (tertiary/aromatic N) is 5. The molecule has 7 nitrogen and oxygen atoms in total. The second-order valence-corrected chi connectivity index (χ2v) is 10.1. The van der Waals surface area contributed by atoms with Crippen LogP contribution in [0.15, 0.2) is 23.1 Å². The Hall–Kier alpha value is -1.19. The third kappa shape index (κ3) is 4.21. The highest BCUT2D eigenvalue weighted by Crippen LogP contribution is 2.25. The second kappa shape index (κ2) is 8.28. The molecule has 0 saturated carbocycles. The predicted octanol–water partition coefficient (Wildman–Crippen LogP) is 2.82. The zero-order valence-electron chi connectivity index (χ0n) is 15.5. The minimum absolute atomic E-state index is 0.140. The molecule has 10 heteroatoms. The monoisotopic (exact) mass is 443 g/mol. The fourth-order valence-electron chi connectivity index (χ4n) is 3.82. The highest BCUT2D eigenvalue weighted by molar-refractivity contribution is 7.89. The summed E-state index contributed by atoms with van der Waals surface area (Å²) in [5.41, 5.74) is 0. The van der Waals surface area contributed by atoms with Crippen molar-refractivity contribution in [2.75, 3.05) is 26.2 Å². The third-order valence-electron chi connectivity index (χ3n) is 5.36. The van der Waals surface area contributed by atoms with Gasteiger partial charge in [-0.15, -0.1) is 10.2 Å². The first-order chi connectivity index (χ1) is 13.4. The molecule has 28 heavy (non-hydrogen) atoms. The van der Waals surface area contributed by atoms with Gasteiger partial charge in [-0.25, -0.2) is 8.42 Å². The number of hydrogen-bond acceptors (Lipinski definition) is 5. The molecule has 4 rings (SSSR count). The summed E-state index contributed by atoms with van der Waals surface area (Å²) in [7, 11) is -3.61. The summed E-state index contributed by atoms with van der Waals surface area (Å²) < 4.78 is 29.6. The number of aromatic nitrogens is 3. The molecular formula is C18H23Cl2N5O2S. The van der Waals surface area contributed by atoms with Crippen LogP contribution in [0.4, 0.5) is 0 Å². The molecule has 0 N–H and O–H groups in total. The molecule has 2 aliphatic rings. The van der Waals surface area contributed by atoms with Crippen LogP contribution < -0.4 is 0 Å². The largest absolute Gasteiger partial charge is 0.314 e. The summed E-state index contributed by atoms with van der Waals surface area (Å²) in [6.07, 6.45) is 4.54. The van der Waals surface area contributed by atoms with Crippen molar-refractivity contribution in [3.05, 3.63) is 39.9 Å². The lowest BCUT2D eigenvalue weighted by Crippen LogP contribution is -2.48. The van der Waals surface area contributed by atoms with E-state index in [-0.39, 0.29) is 4.90 Å². The molecule has 0 unspecified atom stereocenters. The van der Waals surface area contributed by atoms with E-state index in [1.54, 1.807) is 0 Å². The highest BCUT2D eigenvalue weighted by Gasteiger charge is 2.29. The molecule has 1 fully saturated rings. The number of fused-ring (bicyclic) bond motifs is 1. The Morgan fingerprint density at radius 1 is 0.893 bits per heavy atom. The molecule has 1 aromatic heterocycles. The molecule has 3 heterocycles. The van der Waals surface area contributed by atoms with Crippen LogP contribution in [-0.4, -0.2) is 58.6 Å². The molecule has 0 bridgehead atoms. The second-order valence-electron chi connectivity index (χ2n) is 7.28. The Bertz CT molecular complexity index is 935. The van der Waals surface area contributed by atoms with Crippen LogP contribution in [0.1, 0.15) is 30.9 Å². The highest BCUT2D eigenvalue weighted by atomic mass is 35.5. The first-order valence-corrected chi connectivity index (χ1v) is 11.7. The van der Waals surface area contributed by atoms with Crippen molar-refractivity contribution in [2.45, 2.75) is 43.7 Å². The lowest BCUT2D eigenvalue weighted by Gasteiger charge is -2.33. The summed E-state index contributed by atoms with van der Waals surface area (Å²) in [5, 5.41) is 9.36. The van der Waals surface area contributed by atoms with Gasteiger partial charge < -0.3 is 4.57 Å². The molecule has 0 spiro atoms. The number of hydrogen-bond donors (Lipinski definition) is 0. The molecule has 0 radical (unpaired) electrons. The van der Waals surface area contributed by atoms with Crippen LogP contribution in [0.5, 0.6) is 0 Å². The number of piperazine rings is 1. The van der Waals surface area contributed by atoms with Crippen LogP contribution in [0.2, 0.25) is 10.0 Å². The lowest BCUT2D eigenvalue weighted by atomic mass is 10.2. The van der Waals surface area contributed by atoms with Gasteiger partial charge in [0.25, 0.3) is 0 Å². The average Bonchev–Trinajstić information content (AvgIpc) is 2.88. The van der Waals surface area contributed by atoms with Crippen molar-refractivity contribution < 1.29 is 8.42 Å². The van der Waals surface area contributed by atoms with Crippen molar-refractivity contribution in [1.29, 1.82) is 0 Å². The van der Waals surface area contributed by atoms with Crippen molar-refractivity contribution in [3.63, 3.8) is 0 Å². The van der Waals surface area contributed by atoms with Gasteiger partial charge in [0.2, 0.25) is 10.0 Å². The molecule has 1 saturated heterocycles. The lowest BCUT2D eigenvalue weighted by molar-refractivity contribution is 0.176. The van der Waals surface area contributed by atoms with E-state index in [1.165, 1.54) is 35.3 Å². The topological polar surface area (TPSA) is 71.3 Å². The van der Waals surface area contributed by atoms with Gasteiger partial charge in [-0.05, 0) is 31.0 Å². The average molecular weight is 444 g/mol. The van der Waals surface area contributed by atoms with Gasteiger partial charge in [0.15, 0.2) is 0 Å². The summed E-state index contributed by atoms with van der Waals surface area (Å²) in [6, 6.07) is 4.42. The van der Waals surface area contributed by atoms with Gasteiger partial charge in [0.05, 0.1) is 11.4 Å². The molecule has 0 atom stereocenters. The minimum atomic E-state index is -3.61. The van der Waals surface area contributed by atoms with E-state index in [4.69, 9.17) is 23.2 Å². The fraction of sp³-hybridized carbons (Fsp3) is 0.556. The summed E-state index contributed by atoms with van der Waals surface area (Å²) in [6.45, 7) is 3.82. The van der Waals surface area contributed by atoms with Gasteiger partial charge in [0.1, 0.15) is 11.6 Å². The van der Waals surface area contributed by atoms with Gasteiger partial charge >= 0.3 is 0 Å². The Labute approximate surface area is 175 Å². The summed E-state index contributed by atoms with van der Waals surface area (Å²) in [4.78, 5) is 2.38. The van der Waals surface area contributed by atoms with Crippen LogP contribution in [0, 0.1) is 0 Å². The Morgan fingerprint density at radius 3 is 2.32 bits per heavy atom. The van der Waals surface area contributed by atoms with Gasteiger partial charge in [-0.2, -0.15) is 4.31 Å². The van der Waals surface area contributed by atoms with Crippen molar-refractivity contribution in [3.8, 4) is 0 Å². The Balaban J connectivity index is 1.41. The van der Waals surface area contributed by atoms with E-state index in [0.717, 1.165) is 31.0 Å². The van der Waals surface area contributed by atoms with Crippen molar-refractivity contribution in [2.24, 2.45) is 0 Å². The smallest absolute Gasteiger partial charge is 0.243 e. The molecule has 152 valence electrons. The van der Waals surface area contributed by atoms with Gasteiger partial charge in [-0.1, -0.05) is 29.6 Å². The fourth-order valence-corrected chi connectivity index (χ4v) is 5.97. The summed E-state index contributed by atoms with van der Waals surface area (Å²) >= 11 is 12.0. The van der Waals surface area contributed by atoms with E-state index >= 15 is 0 Å². The quantitative estimate of drug-likeness (QED) is 0.726. The van der Waals surface area contributed by atoms with Crippen molar-refractivity contribution >= 4 is 33.2 Å². The maximum Gasteiger partial charge on any atom is 0.243 e. The van der Waals surface area contributed by atoms with Crippen LogP contribution in [0.3, 0.4) is 0 Å². The number of benzene rings is 1. The molecule has 2 aliphatic heterocycles. The van der Waals surface area contributed by atoms with Crippen LogP contribution >= 0.6 is 23.2 Å². The molecule has 2 aromatic rings. The molecular weight excluding hydrogens is 421 g/mol. The van der Waals surface area contributed by atoms with E-state index in [0.29, 0.717) is 42.8 Å². The van der Waals surface area contributed by atoms with E-state index in [9.17, 15) is 8.42 Å². The normalized spacial score (nSPS) is 19.4. The van der Waals surface area contributed by atoms with E-state index in [1.807, 2.05) is 0 Å². The molecule has 0 amide bonds. The van der Waals surface area contributed by atoms with Gasteiger partial charge in [-0.3, -0.25) is 4.90 Å². The van der Waals surface area contributed by atoms with Gasteiger partial charge in [0, 0.05) is 49.2 Å². The first-order valence-electron chi connectivity index (χ1n) is 9.53. The van der Waals surface area contributed by atoms with E-state index in [2.05, 4.69) is 19.7 Å². The van der Waals surface area contributed by atoms with Crippen LogP contribution in [0.25, 0.3) is 0 Å². The van der Waals surface area contributed by atoms with Crippen LogP contribution in [-0.2, 0) is 29.5 Å². The zero-order chi connectivity index (χ0) is 19.7. The zero-order valence-corrected chi connectivity index (χ0v) is 17.8. The summed E-state index contributed by atoms with van der Waals surface area (Å²) in [5.74, 6) is 2.06. The SMILES string of the molecule is O=S(=O)(c1cc(Cl)cc(Cl)c1)N1CCN(Cc2nnc3n2CCCCC3)CC1. The number of sulfonamides is 1. The number of rotatable bonds is 4. The number of aryl methyl sites for hydroxylation is 1. The van der Waals surface area contributed by atoms with Crippen molar-refractivity contribution in [1.82, 2.24) is 24.0 Å². The molecule has 1 aromatic carbocycles. The predicted molar refractivity (Wildman–Crippen MR) is 108 cm³/mol. The minimum Gasteiger partial charge on any atom is -0.314 e. The third-order valence-corrected chi connectivity index (χ3v) is 7.67. The molecule has 0 aliphatic carbocycles. The Kier molecular flexibility index (Phi) is 5.94.